The molecule has 1 N–H and O–H groups in total. The van der Waals surface area contributed by atoms with E-state index in [-0.39, 0.29) is 5.75 Å². The van der Waals surface area contributed by atoms with Crippen molar-refractivity contribution in [1.82, 2.24) is 9.55 Å². The van der Waals surface area contributed by atoms with Crippen LogP contribution in [0.5, 0.6) is 0 Å². The van der Waals surface area contributed by atoms with E-state index in [9.17, 15) is 4.79 Å². The molecule has 0 spiro atoms. The fourth-order valence-electron chi connectivity index (χ4n) is 2.73. The van der Waals surface area contributed by atoms with Gasteiger partial charge >= 0.3 is 5.97 Å². The Balaban J connectivity index is 1.96. The number of imidazole rings is 1. The maximum absolute atomic E-state index is 10.8. The average molecular weight is 322 g/mol. The van der Waals surface area contributed by atoms with Crippen LogP contribution in [-0.4, -0.2) is 37.4 Å². The van der Waals surface area contributed by atoms with E-state index in [2.05, 4.69) is 21.9 Å². The second-order valence-electron chi connectivity index (χ2n) is 5.39. The van der Waals surface area contributed by atoms with Crippen LogP contribution in [0.25, 0.3) is 11.0 Å². The Bertz CT molecular complexity index is 659. The summed E-state index contributed by atoms with van der Waals surface area (Å²) in [5.74, 6) is -0.753. The third kappa shape index (κ3) is 2.92. The summed E-state index contributed by atoms with van der Waals surface area (Å²) in [4.78, 5) is 15.5. The molecule has 1 heterocycles. The van der Waals surface area contributed by atoms with Crippen molar-refractivity contribution in [3.63, 3.8) is 0 Å². The van der Waals surface area contributed by atoms with Crippen molar-refractivity contribution in [3.05, 3.63) is 24.3 Å². The number of aliphatic carboxylic acids is 1. The molecular formula is C15H18N2O2S2. The van der Waals surface area contributed by atoms with E-state index in [1.54, 1.807) is 0 Å². The van der Waals surface area contributed by atoms with Gasteiger partial charge < -0.3 is 9.67 Å². The molecule has 1 aliphatic carbocycles. The lowest BCUT2D eigenvalue weighted by Crippen LogP contribution is -2.37. The first-order chi connectivity index (χ1) is 10.1. The van der Waals surface area contributed by atoms with Gasteiger partial charge in [0.05, 0.1) is 16.8 Å². The molecule has 1 aliphatic rings. The van der Waals surface area contributed by atoms with E-state index in [0.717, 1.165) is 22.7 Å². The highest BCUT2D eigenvalue weighted by molar-refractivity contribution is 8.00. The first kappa shape index (κ1) is 14.8. The molecular weight excluding hydrogens is 304 g/mol. The fraction of sp³-hybridized carbons (Fsp3) is 0.467. The van der Waals surface area contributed by atoms with Gasteiger partial charge in [0.2, 0.25) is 0 Å². The second kappa shape index (κ2) is 5.93. The molecule has 1 fully saturated rings. The summed E-state index contributed by atoms with van der Waals surface area (Å²) in [5, 5.41) is 9.73. The van der Waals surface area contributed by atoms with Gasteiger partial charge in [-0.2, -0.15) is 11.8 Å². The number of carboxylic acids is 1. The number of thioether (sulfide) groups is 2. The number of rotatable bonds is 6. The van der Waals surface area contributed by atoms with Crippen molar-refractivity contribution in [3.8, 4) is 0 Å². The van der Waals surface area contributed by atoms with E-state index < -0.39 is 5.97 Å². The van der Waals surface area contributed by atoms with Crippen molar-refractivity contribution in [2.24, 2.45) is 0 Å². The van der Waals surface area contributed by atoms with Crippen LogP contribution in [-0.2, 0) is 11.3 Å². The molecule has 0 radical (unpaired) electrons. The number of carbonyl (C=O) groups is 1. The lowest BCUT2D eigenvalue weighted by Gasteiger charge is -2.41. The van der Waals surface area contributed by atoms with Gasteiger partial charge in [-0.3, -0.25) is 4.79 Å². The molecule has 1 aromatic carbocycles. The molecule has 0 amide bonds. The molecule has 4 nitrogen and oxygen atoms in total. The molecule has 2 aromatic rings. The van der Waals surface area contributed by atoms with Crippen LogP contribution in [0.4, 0.5) is 0 Å². The highest BCUT2D eigenvalue weighted by Crippen LogP contribution is 2.45. The zero-order valence-electron chi connectivity index (χ0n) is 11.9. The number of nitrogens with zero attached hydrogens (tertiary/aromatic N) is 2. The van der Waals surface area contributed by atoms with Crippen molar-refractivity contribution in [2.45, 2.75) is 35.7 Å². The molecule has 112 valence electrons. The first-order valence-corrected chi connectivity index (χ1v) is 9.20. The van der Waals surface area contributed by atoms with Crippen molar-refractivity contribution in [1.29, 1.82) is 0 Å². The van der Waals surface area contributed by atoms with Gasteiger partial charge in [-0.15, -0.1) is 0 Å². The molecule has 1 aromatic heterocycles. The van der Waals surface area contributed by atoms with Crippen LogP contribution < -0.4 is 0 Å². The molecule has 6 heteroatoms. The highest BCUT2D eigenvalue weighted by Gasteiger charge is 2.37. The third-order valence-electron chi connectivity index (χ3n) is 4.09. The lowest BCUT2D eigenvalue weighted by molar-refractivity contribution is -0.133. The summed E-state index contributed by atoms with van der Waals surface area (Å²) in [6, 6.07) is 8.04. The van der Waals surface area contributed by atoms with E-state index in [1.807, 2.05) is 30.0 Å². The maximum atomic E-state index is 10.8. The Morgan fingerprint density at radius 3 is 2.81 bits per heavy atom. The maximum Gasteiger partial charge on any atom is 0.313 e. The summed E-state index contributed by atoms with van der Waals surface area (Å²) < 4.78 is 2.50. The minimum Gasteiger partial charge on any atom is -0.481 e. The molecule has 3 rings (SSSR count). The van der Waals surface area contributed by atoms with Gasteiger partial charge in [-0.1, -0.05) is 30.3 Å². The van der Waals surface area contributed by atoms with Crippen LogP contribution in [0.3, 0.4) is 0 Å². The van der Waals surface area contributed by atoms with Crippen LogP contribution in [0.1, 0.15) is 19.3 Å². The minimum atomic E-state index is -0.804. The number of fused-ring (bicyclic) bond motifs is 1. The normalized spacial score (nSPS) is 16.8. The topological polar surface area (TPSA) is 55.1 Å². The quantitative estimate of drug-likeness (QED) is 0.825. The fourth-order valence-corrected chi connectivity index (χ4v) is 4.42. The predicted octanol–water partition coefficient (Wildman–Crippen LogP) is 3.50. The van der Waals surface area contributed by atoms with Gasteiger partial charge in [-0.05, 0) is 31.2 Å². The van der Waals surface area contributed by atoms with Crippen LogP contribution in [0, 0.1) is 0 Å². The first-order valence-electron chi connectivity index (χ1n) is 6.99. The minimum absolute atomic E-state index is 0.0512. The molecule has 0 atom stereocenters. The number of benzene rings is 1. The van der Waals surface area contributed by atoms with Crippen molar-refractivity contribution in [2.75, 3.05) is 12.0 Å². The summed E-state index contributed by atoms with van der Waals surface area (Å²) >= 11 is 3.23. The monoisotopic (exact) mass is 322 g/mol. The van der Waals surface area contributed by atoms with E-state index in [1.165, 1.54) is 31.0 Å². The van der Waals surface area contributed by atoms with Gasteiger partial charge in [0.25, 0.3) is 0 Å². The summed E-state index contributed by atoms with van der Waals surface area (Å²) in [6.07, 6.45) is 5.90. The van der Waals surface area contributed by atoms with Crippen molar-refractivity contribution >= 4 is 40.5 Å². The van der Waals surface area contributed by atoms with E-state index >= 15 is 0 Å². The van der Waals surface area contributed by atoms with Crippen LogP contribution in [0.15, 0.2) is 29.4 Å². The number of hydrogen-bond donors (Lipinski definition) is 1. The summed E-state index contributed by atoms with van der Waals surface area (Å²) in [6.45, 7) is 0.913. The largest absolute Gasteiger partial charge is 0.481 e. The van der Waals surface area contributed by atoms with Gasteiger partial charge in [0, 0.05) is 11.3 Å². The average Bonchev–Trinajstić information content (AvgIpc) is 2.78. The Kier molecular flexibility index (Phi) is 4.17. The third-order valence-corrected chi connectivity index (χ3v) is 6.45. The molecule has 0 bridgehead atoms. The van der Waals surface area contributed by atoms with Gasteiger partial charge in [0.1, 0.15) is 0 Å². The standard InChI is InChI=1S/C15H18N2O2S2/c1-20-15(7-4-8-15)10-17-12-6-3-2-5-11(12)16-14(17)21-9-13(18)19/h2-3,5-6H,4,7-10H2,1H3,(H,18,19). The summed E-state index contributed by atoms with van der Waals surface area (Å²) in [5.41, 5.74) is 2.05. The smallest absolute Gasteiger partial charge is 0.313 e. The zero-order valence-corrected chi connectivity index (χ0v) is 13.5. The van der Waals surface area contributed by atoms with E-state index in [4.69, 9.17) is 5.11 Å². The molecule has 21 heavy (non-hydrogen) atoms. The Hall–Kier alpha value is -1.14. The number of hydrogen-bond acceptors (Lipinski definition) is 4. The van der Waals surface area contributed by atoms with E-state index in [0.29, 0.717) is 4.75 Å². The molecule has 0 saturated heterocycles. The second-order valence-corrected chi connectivity index (χ2v) is 7.61. The van der Waals surface area contributed by atoms with Gasteiger partial charge in [-0.25, -0.2) is 4.98 Å². The predicted molar refractivity (Wildman–Crippen MR) is 88.2 cm³/mol. The Morgan fingerprint density at radius 2 is 2.19 bits per heavy atom. The zero-order chi connectivity index (χ0) is 14.9. The van der Waals surface area contributed by atoms with Crippen LogP contribution >= 0.6 is 23.5 Å². The van der Waals surface area contributed by atoms with Crippen molar-refractivity contribution < 1.29 is 9.90 Å². The highest BCUT2D eigenvalue weighted by atomic mass is 32.2. The molecule has 0 aliphatic heterocycles. The molecule has 1 saturated carbocycles. The Morgan fingerprint density at radius 1 is 1.43 bits per heavy atom. The van der Waals surface area contributed by atoms with Gasteiger partial charge in [0.15, 0.2) is 5.16 Å². The lowest BCUT2D eigenvalue weighted by atomic mass is 9.84. The summed E-state index contributed by atoms with van der Waals surface area (Å²) in [7, 11) is 0. The van der Waals surface area contributed by atoms with Crippen LogP contribution in [0.2, 0.25) is 0 Å². The number of carboxylic acid groups (broad SMARTS) is 1. The molecule has 0 unspecified atom stereocenters. The SMILES string of the molecule is CSC1(Cn2c(SCC(=O)O)nc3ccccc32)CCC1. The number of aromatic nitrogens is 2. The number of para-hydroxylation sites is 2. The Labute approximate surface area is 132 Å².